The van der Waals surface area contributed by atoms with E-state index in [4.69, 9.17) is 9.97 Å². The van der Waals surface area contributed by atoms with Crippen molar-refractivity contribution in [3.63, 3.8) is 0 Å². The molecular formula is C47H53BrN4Si. The van der Waals surface area contributed by atoms with Crippen LogP contribution in [0.4, 0.5) is 0 Å². The molecule has 0 saturated carbocycles. The molecule has 0 fully saturated rings. The molecule has 0 spiro atoms. The molecule has 7 rings (SSSR count). The highest BCUT2D eigenvalue weighted by Crippen LogP contribution is 2.44. The summed E-state index contributed by atoms with van der Waals surface area (Å²) >= 11 is 4.03. The zero-order valence-corrected chi connectivity index (χ0v) is 35.6. The van der Waals surface area contributed by atoms with Gasteiger partial charge < -0.3 is 9.97 Å². The lowest BCUT2D eigenvalue weighted by Gasteiger charge is -2.38. The van der Waals surface area contributed by atoms with Crippen LogP contribution in [0.15, 0.2) is 89.4 Å². The minimum atomic E-state index is -2.06. The average Bonchev–Trinajstić information content (AvgIpc) is 3.90. The highest BCUT2D eigenvalue weighted by Gasteiger charge is 2.42. The highest BCUT2D eigenvalue weighted by atomic mass is 79.9. The number of halogens is 1. The molecule has 53 heavy (non-hydrogen) atoms. The summed E-state index contributed by atoms with van der Waals surface area (Å²) in [6.07, 6.45) is 1.59. The van der Waals surface area contributed by atoms with Crippen molar-refractivity contribution < 1.29 is 0 Å². The van der Waals surface area contributed by atoms with Gasteiger partial charge >= 0.3 is 0 Å². The summed E-state index contributed by atoms with van der Waals surface area (Å²) < 4.78 is 0.991. The van der Waals surface area contributed by atoms with Crippen LogP contribution in [0.5, 0.6) is 0 Å². The van der Waals surface area contributed by atoms with E-state index in [0.29, 0.717) is 16.6 Å². The fraction of sp³-hybridized carbons (Fsp3) is 0.362. The summed E-state index contributed by atoms with van der Waals surface area (Å²) in [7, 11) is -2.06. The van der Waals surface area contributed by atoms with Crippen LogP contribution in [0.25, 0.3) is 44.3 Å². The van der Waals surface area contributed by atoms with Crippen LogP contribution < -0.4 is 0 Å². The monoisotopic (exact) mass is 780 g/mol. The first-order chi connectivity index (χ1) is 25.1. The zero-order chi connectivity index (χ0) is 37.9. The molecule has 2 aliphatic rings. The maximum absolute atomic E-state index is 5.65. The number of nitrogens with one attached hydrogen (secondary N) is 2. The molecule has 0 amide bonds. The molecule has 0 atom stereocenters. The predicted molar refractivity (Wildman–Crippen MR) is 231 cm³/mol. The molecule has 2 aliphatic heterocycles. The molecule has 0 unspecified atom stereocenters. The van der Waals surface area contributed by atoms with E-state index in [0.717, 1.165) is 90.0 Å². The topological polar surface area (TPSA) is 57.4 Å². The molecule has 272 valence electrons. The molecule has 0 radical (unpaired) electrons. The Morgan fingerprint density at radius 3 is 1.49 bits per heavy atom. The average molecular weight is 782 g/mol. The lowest BCUT2D eigenvalue weighted by atomic mass is 9.82. The van der Waals surface area contributed by atoms with Gasteiger partial charge in [0.15, 0.2) is 0 Å². The van der Waals surface area contributed by atoms with Gasteiger partial charge in [0.1, 0.15) is 8.07 Å². The van der Waals surface area contributed by atoms with Crippen molar-refractivity contribution in [2.45, 2.75) is 110 Å². The van der Waals surface area contributed by atoms with E-state index < -0.39 is 8.07 Å². The van der Waals surface area contributed by atoms with Gasteiger partial charge in [-0.25, -0.2) is 0 Å². The summed E-state index contributed by atoms with van der Waals surface area (Å²) in [5, 5.41) is 0. The van der Waals surface area contributed by atoms with Crippen molar-refractivity contribution in [1.82, 2.24) is 19.9 Å². The Kier molecular flexibility index (Phi) is 9.75. The summed E-state index contributed by atoms with van der Waals surface area (Å²) in [4.78, 5) is 18.9. The van der Waals surface area contributed by atoms with E-state index >= 15 is 0 Å². The largest absolute Gasteiger partial charge is 0.354 e. The summed E-state index contributed by atoms with van der Waals surface area (Å²) in [5.74, 6) is 3.92. The number of fused-ring (bicyclic) bond motifs is 8. The first-order valence-electron chi connectivity index (χ1n) is 19.2. The smallest absolute Gasteiger partial charge is 0.146 e. The molecular weight excluding hydrogens is 729 g/mol. The number of nitrogens with zero attached hydrogens (tertiary/aromatic N) is 2. The Hall–Kier alpha value is -4.18. The van der Waals surface area contributed by atoms with E-state index in [1.807, 2.05) is 0 Å². The van der Waals surface area contributed by atoms with Gasteiger partial charge in [0.25, 0.3) is 0 Å². The molecule has 2 aromatic carbocycles. The minimum absolute atomic E-state index is 0.206. The molecule has 0 aliphatic carbocycles. The number of aromatic amines is 2. The van der Waals surface area contributed by atoms with Crippen LogP contribution in [0.3, 0.4) is 0 Å². The van der Waals surface area contributed by atoms with E-state index in [1.165, 1.54) is 0 Å². The van der Waals surface area contributed by atoms with E-state index in [9.17, 15) is 0 Å². The van der Waals surface area contributed by atoms with E-state index in [2.05, 4.69) is 192 Å². The predicted octanol–water partition coefficient (Wildman–Crippen LogP) is 13.0. The fourth-order valence-electron chi connectivity index (χ4n) is 9.17. The van der Waals surface area contributed by atoms with Gasteiger partial charge in [-0.05, 0) is 67.9 Å². The van der Waals surface area contributed by atoms with Crippen molar-refractivity contribution in [1.29, 1.82) is 0 Å². The number of hydrogen-bond acceptors (Lipinski definition) is 2. The molecule has 2 N–H and O–H groups in total. The second-order valence-electron chi connectivity index (χ2n) is 17.3. The Morgan fingerprint density at radius 2 is 1.00 bits per heavy atom. The van der Waals surface area contributed by atoms with Crippen molar-refractivity contribution in [2.75, 3.05) is 0 Å². The summed E-state index contributed by atoms with van der Waals surface area (Å²) in [5.41, 5.74) is 19.1. The number of rotatable bonds is 5. The van der Waals surface area contributed by atoms with Gasteiger partial charge in [-0.2, -0.15) is 0 Å². The molecule has 5 heterocycles. The molecule has 8 bridgehead atoms. The fourth-order valence-corrected chi connectivity index (χ4v) is 14.8. The normalized spacial score (nSPS) is 15.2. The Bertz CT molecular complexity index is 2340. The lowest BCUT2D eigenvalue weighted by Crippen LogP contribution is -2.43. The molecule has 0 saturated heterocycles. The number of benzene rings is 2. The number of aromatic nitrogens is 4. The quantitative estimate of drug-likeness (QED) is 0.138. The first kappa shape index (κ1) is 37.1. The summed E-state index contributed by atoms with van der Waals surface area (Å²) in [6, 6.07) is 30.3. The second-order valence-corrected chi connectivity index (χ2v) is 23.7. The third-order valence-electron chi connectivity index (χ3n) is 11.8. The minimum Gasteiger partial charge on any atom is -0.354 e. The van der Waals surface area contributed by atoms with Gasteiger partial charge in [0.2, 0.25) is 0 Å². The Labute approximate surface area is 325 Å². The number of H-pyrrole nitrogens is 2. The lowest BCUT2D eigenvalue weighted by molar-refractivity contribution is 0.544. The van der Waals surface area contributed by atoms with Gasteiger partial charge in [-0.15, -0.1) is 5.54 Å². The second kappa shape index (κ2) is 13.9. The van der Waals surface area contributed by atoms with Crippen LogP contribution in [0.1, 0.15) is 97.6 Å². The van der Waals surface area contributed by atoms with Gasteiger partial charge in [-0.3, -0.25) is 9.97 Å². The maximum atomic E-state index is 5.65. The van der Waals surface area contributed by atoms with Crippen molar-refractivity contribution >= 4 is 46.1 Å². The van der Waals surface area contributed by atoms with Crippen LogP contribution in [-0.4, -0.2) is 28.0 Å². The molecule has 5 aromatic rings. The Morgan fingerprint density at radius 1 is 0.585 bits per heavy atom. The van der Waals surface area contributed by atoms with E-state index in [-0.39, 0.29) is 10.8 Å². The maximum Gasteiger partial charge on any atom is 0.146 e. The molecule has 4 nitrogen and oxygen atoms in total. The first-order valence-corrected chi connectivity index (χ1v) is 22.2. The van der Waals surface area contributed by atoms with Crippen molar-refractivity contribution in [3.05, 3.63) is 118 Å². The van der Waals surface area contributed by atoms with Gasteiger partial charge in [0.05, 0.1) is 43.8 Å². The third-order valence-corrected chi connectivity index (χ3v) is 19.0. The molecule has 6 heteroatoms. The van der Waals surface area contributed by atoms with E-state index in [1.54, 1.807) is 0 Å². The summed E-state index contributed by atoms with van der Waals surface area (Å²) in [6.45, 7) is 23.6. The van der Waals surface area contributed by atoms with Gasteiger partial charge in [0, 0.05) is 45.8 Å². The number of hydrogen-bond donors (Lipinski definition) is 2. The standard InChI is InChI=1S/C47H53BrN4Si/c1-29(2)53(30(3)4,31(5)6)26-25-34-35-21-22-36(49-35)41(32-17-13-11-14-18-32)45-47(9,10)28-40(52-45)43(48)38-24-23-37(50-38)42(33-19-15-12-16-20-33)44-46(7,8)27-39(34)51-44/h11-24,29-31,49-50H,27-28H2,1-10H3. The molecule has 3 aromatic heterocycles. The highest BCUT2D eigenvalue weighted by molar-refractivity contribution is 9.10. The van der Waals surface area contributed by atoms with Gasteiger partial charge in [-0.1, -0.05) is 136 Å². The van der Waals surface area contributed by atoms with Crippen LogP contribution >= 0.6 is 15.9 Å². The van der Waals surface area contributed by atoms with Crippen LogP contribution in [0, 0.1) is 11.5 Å². The van der Waals surface area contributed by atoms with Crippen LogP contribution in [0.2, 0.25) is 16.6 Å². The van der Waals surface area contributed by atoms with Crippen molar-refractivity contribution in [2.24, 2.45) is 0 Å². The Balaban J connectivity index is 1.71. The van der Waals surface area contributed by atoms with Crippen LogP contribution in [-0.2, 0) is 23.7 Å². The van der Waals surface area contributed by atoms with Crippen molar-refractivity contribution in [3.8, 4) is 33.7 Å². The SMILES string of the molecule is CC(C)[Si](C#Cc1c2nc(c(-c3ccccc3)c3ccc([nH]3)c(Br)c3nc(c(-c4ccccc4)c4ccc1[nH]4)C(C)(C)C3)C(C)(C)C2)(C(C)C)C(C)C. The third kappa shape index (κ3) is 6.55. The zero-order valence-electron chi connectivity index (χ0n) is 33.0.